The number of rotatable bonds is 4. The summed E-state index contributed by atoms with van der Waals surface area (Å²) in [7, 11) is 0. The molecular formula is C13H19N5. The first-order chi connectivity index (χ1) is 8.61. The molecule has 0 unspecified atom stereocenters. The van der Waals surface area contributed by atoms with Crippen molar-refractivity contribution in [3.05, 3.63) is 23.8 Å². The molecule has 0 saturated heterocycles. The van der Waals surface area contributed by atoms with E-state index in [9.17, 15) is 0 Å². The normalized spacial score (nSPS) is 11.2. The van der Waals surface area contributed by atoms with Crippen molar-refractivity contribution in [2.24, 2.45) is 5.92 Å². The Hall–Kier alpha value is -1.78. The second kappa shape index (κ2) is 5.25. The predicted molar refractivity (Wildman–Crippen MR) is 70.0 cm³/mol. The molecule has 0 aliphatic carbocycles. The molecular weight excluding hydrogens is 226 g/mol. The van der Waals surface area contributed by atoms with Gasteiger partial charge in [-0.25, -0.2) is 0 Å². The number of hydrogen-bond donors (Lipinski definition) is 0. The van der Waals surface area contributed by atoms with E-state index in [0.29, 0.717) is 5.92 Å². The Morgan fingerprint density at radius 1 is 1.22 bits per heavy atom. The van der Waals surface area contributed by atoms with E-state index in [1.54, 1.807) is 6.33 Å². The van der Waals surface area contributed by atoms with Crippen LogP contribution < -0.4 is 0 Å². The van der Waals surface area contributed by atoms with Crippen LogP contribution in [-0.2, 0) is 13.0 Å². The number of nitrogens with zero attached hydrogens (tertiary/aromatic N) is 5. The molecule has 0 N–H and O–H groups in total. The lowest BCUT2D eigenvalue weighted by Gasteiger charge is -2.11. The highest BCUT2D eigenvalue weighted by atomic mass is 15.3. The third-order valence-corrected chi connectivity index (χ3v) is 2.75. The molecule has 2 aromatic rings. The fourth-order valence-corrected chi connectivity index (χ4v) is 1.96. The van der Waals surface area contributed by atoms with Crippen molar-refractivity contribution in [1.29, 1.82) is 0 Å². The highest BCUT2D eigenvalue weighted by molar-refractivity contribution is 5.58. The minimum Gasteiger partial charge on any atom is -0.313 e. The summed E-state index contributed by atoms with van der Waals surface area (Å²) in [4.78, 5) is 0. The second-order valence-electron chi connectivity index (χ2n) is 4.90. The molecule has 0 spiro atoms. The van der Waals surface area contributed by atoms with Crippen LogP contribution in [-0.4, -0.2) is 25.0 Å². The maximum atomic E-state index is 4.24. The van der Waals surface area contributed by atoms with E-state index in [-0.39, 0.29) is 0 Å². The standard InChI is InChI=1S/C13H19N5/c1-5-12-11(6-10(4)15-16-12)13-17-14-8-18(13)7-9(2)3/h6,8-9H,5,7H2,1-4H3. The Labute approximate surface area is 107 Å². The SMILES string of the molecule is CCc1nnc(C)cc1-c1nncn1CC(C)C. The quantitative estimate of drug-likeness (QED) is 0.829. The van der Waals surface area contributed by atoms with Crippen molar-refractivity contribution in [1.82, 2.24) is 25.0 Å². The van der Waals surface area contributed by atoms with Crippen LogP contribution in [0.5, 0.6) is 0 Å². The van der Waals surface area contributed by atoms with Gasteiger partial charge in [0, 0.05) is 12.1 Å². The molecule has 0 aliphatic rings. The van der Waals surface area contributed by atoms with Crippen molar-refractivity contribution < 1.29 is 0 Å². The summed E-state index contributed by atoms with van der Waals surface area (Å²) < 4.78 is 2.08. The molecule has 0 fully saturated rings. The lowest BCUT2D eigenvalue weighted by molar-refractivity contribution is 0.525. The van der Waals surface area contributed by atoms with Crippen molar-refractivity contribution in [3.8, 4) is 11.4 Å². The van der Waals surface area contributed by atoms with Gasteiger partial charge in [-0.1, -0.05) is 20.8 Å². The third-order valence-electron chi connectivity index (χ3n) is 2.75. The average molecular weight is 245 g/mol. The van der Waals surface area contributed by atoms with Gasteiger partial charge in [0.25, 0.3) is 0 Å². The van der Waals surface area contributed by atoms with E-state index in [1.807, 2.05) is 13.0 Å². The van der Waals surface area contributed by atoms with Crippen molar-refractivity contribution in [2.45, 2.75) is 40.7 Å². The van der Waals surface area contributed by atoms with Crippen LogP contribution in [0, 0.1) is 12.8 Å². The molecule has 2 aromatic heterocycles. The zero-order valence-electron chi connectivity index (χ0n) is 11.4. The first-order valence-corrected chi connectivity index (χ1v) is 6.33. The Bertz CT molecular complexity index is 530. The molecule has 0 atom stereocenters. The topological polar surface area (TPSA) is 56.5 Å². The summed E-state index contributed by atoms with van der Waals surface area (Å²) in [5.74, 6) is 1.44. The average Bonchev–Trinajstić information content (AvgIpc) is 2.76. The van der Waals surface area contributed by atoms with Gasteiger partial charge in [0.05, 0.1) is 11.4 Å². The summed E-state index contributed by atoms with van der Waals surface area (Å²) in [5, 5.41) is 16.6. The number of aryl methyl sites for hydroxylation is 2. The van der Waals surface area contributed by atoms with Crippen LogP contribution in [0.25, 0.3) is 11.4 Å². The maximum absolute atomic E-state index is 4.24. The van der Waals surface area contributed by atoms with E-state index in [2.05, 4.69) is 45.7 Å². The molecule has 0 aliphatic heterocycles. The summed E-state index contributed by atoms with van der Waals surface area (Å²) in [6.07, 6.45) is 2.63. The van der Waals surface area contributed by atoms with Crippen molar-refractivity contribution in [3.63, 3.8) is 0 Å². The van der Waals surface area contributed by atoms with Crippen LogP contribution in [0.4, 0.5) is 0 Å². The van der Waals surface area contributed by atoms with E-state index < -0.39 is 0 Å². The molecule has 5 heteroatoms. The van der Waals surface area contributed by atoms with Gasteiger partial charge in [0.2, 0.25) is 0 Å². The number of hydrogen-bond acceptors (Lipinski definition) is 4. The smallest absolute Gasteiger partial charge is 0.165 e. The van der Waals surface area contributed by atoms with E-state index in [0.717, 1.165) is 35.7 Å². The van der Waals surface area contributed by atoms with E-state index in [4.69, 9.17) is 0 Å². The predicted octanol–water partition coefficient (Wildman–Crippen LogP) is 2.26. The van der Waals surface area contributed by atoms with Crippen molar-refractivity contribution >= 4 is 0 Å². The molecule has 0 saturated carbocycles. The highest BCUT2D eigenvalue weighted by Crippen LogP contribution is 2.21. The van der Waals surface area contributed by atoms with Gasteiger partial charge in [-0.3, -0.25) is 0 Å². The van der Waals surface area contributed by atoms with Crippen LogP contribution in [0.3, 0.4) is 0 Å². The molecule has 0 radical (unpaired) electrons. The summed E-state index contributed by atoms with van der Waals surface area (Å²) >= 11 is 0. The van der Waals surface area contributed by atoms with Gasteiger partial charge in [-0.15, -0.1) is 10.2 Å². The minimum atomic E-state index is 0.556. The Balaban J connectivity index is 2.48. The monoisotopic (exact) mass is 245 g/mol. The Morgan fingerprint density at radius 3 is 2.67 bits per heavy atom. The van der Waals surface area contributed by atoms with Crippen LogP contribution in [0.2, 0.25) is 0 Å². The highest BCUT2D eigenvalue weighted by Gasteiger charge is 2.13. The van der Waals surface area contributed by atoms with Crippen molar-refractivity contribution in [2.75, 3.05) is 0 Å². The van der Waals surface area contributed by atoms with Gasteiger partial charge in [-0.05, 0) is 25.3 Å². The maximum Gasteiger partial charge on any atom is 0.165 e. The van der Waals surface area contributed by atoms with E-state index >= 15 is 0 Å². The summed E-state index contributed by atoms with van der Waals surface area (Å²) in [6, 6.07) is 2.03. The second-order valence-corrected chi connectivity index (χ2v) is 4.90. The largest absolute Gasteiger partial charge is 0.313 e. The van der Waals surface area contributed by atoms with Gasteiger partial charge in [-0.2, -0.15) is 10.2 Å². The molecule has 96 valence electrons. The van der Waals surface area contributed by atoms with Gasteiger partial charge < -0.3 is 4.57 Å². The Morgan fingerprint density at radius 2 is 2.00 bits per heavy atom. The molecule has 0 amide bonds. The van der Waals surface area contributed by atoms with Crippen LogP contribution in [0.1, 0.15) is 32.2 Å². The van der Waals surface area contributed by atoms with Crippen LogP contribution in [0.15, 0.2) is 12.4 Å². The zero-order chi connectivity index (χ0) is 13.1. The lowest BCUT2D eigenvalue weighted by Crippen LogP contribution is -2.07. The first kappa shape index (κ1) is 12.7. The third kappa shape index (κ3) is 2.55. The van der Waals surface area contributed by atoms with Crippen LogP contribution >= 0.6 is 0 Å². The summed E-state index contributed by atoms with van der Waals surface area (Å²) in [6.45, 7) is 9.29. The lowest BCUT2D eigenvalue weighted by atomic mass is 10.1. The number of aromatic nitrogens is 5. The molecule has 5 nitrogen and oxygen atoms in total. The van der Waals surface area contributed by atoms with Gasteiger partial charge in [0.15, 0.2) is 5.82 Å². The fraction of sp³-hybridized carbons (Fsp3) is 0.538. The molecule has 2 rings (SSSR count). The zero-order valence-corrected chi connectivity index (χ0v) is 11.4. The van der Waals surface area contributed by atoms with Gasteiger partial charge >= 0.3 is 0 Å². The molecule has 2 heterocycles. The molecule has 0 bridgehead atoms. The first-order valence-electron chi connectivity index (χ1n) is 6.33. The molecule has 18 heavy (non-hydrogen) atoms. The Kier molecular flexibility index (Phi) is 3.69. The minimum absolute atomic E-state index is 0.556. The molecule has 0 aromatic carbocycles. The summed E-state index contributed by atoms with van der Waals surface area (Å²) in [5.41, 5.74) is 2.92. The van der Waals surface area contributed by atoms with Gasteiger partial charge in [0.1, 0.15) is 6.33 Å². The van der Waals surface area contributed by atoms with E-state index in [1.165, 1.54) is 0 Å². The fourth-order valence-electron chi connectivity index (χ4n) is 1.96.